The molecule has 3 unspecified atom stereocenters. The summed E-state index contributed by atoms with van der Waals surface area (Å²) in [6, 6.07) is 6.72. The monoisotopic (exact) mass is 521 g/mol. The average molecular weight is 522 g/mol. The van der Waals surface area contributed by atoms with Crippen LogP contribution in [-0.4, -0.2) is 102 Å². The molecule has 0 spiro atoms. The third-order valence-electron chi connectivity index (χ3n) is 8.35. The normalized spacial score (nSPS) is 23.7. The number of hydrogen-bond acceptors (Lipinski definition) is 5. The van der Waals surface area contributed by atoms with Crippen molar-refractivity contribution >= 4 is 28.6 Å². The Morgan fingerprint density at radius 1 is 1.21 bits per heavy atom. The SMILES string of the molecule is C=CC(=O)N1CC(NC(=O)Cn2cc(CC(=O)N3CCOC4CC(N(C)C)CCC43)c3cc(C)ccc32)C1. The topological polar surface area (TPSA) is 87.1 Å². The Labute approximate surface area is 224 Å². The number of carbonyl (C=O) groups excluding carboxylic acids is 3. The first-order valence-electron chi connectivity index (χ1n) is 13.6. The molecule has 38 heavy (non-hydrogen) atoms. The molecule has 0 bridgehead atoms. The van der Waals surface area contributed by atoms with Gasteiger partial charge in [0.25, 0.3) is 0 Å². The standard InChI is InChI=1S/C29H39N5O4/c1-5-28(36)33-16-21(17-33)30-27(35)18-32-15-20(23-12-19(2)6-8-24(23)32)13-29(37)34-10-11-38-26-14-22(31(3)4)7-9-25(26)34/h5-6,8,12,15,21-22,25-26H,1,7,9-11,13-14,16-18H2,2-4H3,(H,30,35). The molecule has 204 valence electrons. The number of rotatable bonds is 7. The lowest BCUT2D eigenvalue weighted by molar-refractivity contribution is -0.151. The zero-order chi connectivity index (χ0) is 27.0. The number of fused-ring (bicyclic) bond motifs is 2. The highest BCUT2D eigenvalue weighted by molar-refractivity contribution is 5.91. The fourth-order valence-electron chi connectivity index (χ4n) is 6.20. The second-order valence-electron chi connectivity index (χ2n) is 11.2. The minimum absolute atomic E-state index is 0.0478. The van der Waals surface area contributed by atoms with Gasteiger partial charge in [0, 0.05) is 42.8 Å². The van der Waals surface area contributed by atoms with Crippen LogP contribution < -0.4 is 5.32 Å². The van der Waals surface area contributed by atoms with Crippen molar-refractivity contribution in [3.05, 3.63) is 48.2 Å². The van der Waals surface area contributed by atoms with E-state index in [9.17, 15) is 14.4 Å². The van der Waals surface area contributed by atoms with Gasteiger partial charge in [-0.1, -0.05) is 18.2 Å². The van der Waals surface area contributed by atoms with Crippen molar-refractivity contribution < 1.29 is 19.1 Å². The van der Waals surface area contributed by atoms with Gasteiger partial charge >= 0.3 is 0 Å². The van der Waals surface area contributed by atoms with Gasteiger partial charge in [0.2, 0.25) is 17.7 Å². The molecule has 9 heteroatoms. The second-order valence-corrected chi connectivity index (χ2v) is 11.2. The van der Waals surface area contributed by atoms with Gasteiger partial charge in [-0.25, -0.2) is 0 Å². The predicted octanol–water partition coefficient (Wildman–Crippen LogP) is 1.72. The van der Waals surface area contributed by atoms with Crippen LogP contribution in [0.5, 0.6) is 0 Å². The number of aryl methyl sites for hydroxylation is 1. The van der Waals surface area contributed by atoms with E-state index >= 15 is 0 Å². The number of aromatic nitrogens is 1. The molecule has 3 atom stereocenters. The van der Waals surface area contributed by atoms with Gasteiger partial charge in [0.1, 0.15) is 6.54 Å². The molecule has 5 rings (SSSR count). The van der Waals surface area contributed by atoms with Crippen molar-refractivity contribution in [1.29, 1.82) is 0 Å². The van der Waals surface area contributed by atoms with Gasteiger partial charge in [0.05, 0.1) is 31.2 Å². The van der Waals surface area contributed by atoms with E-state index in [0.717, 1.165) is 41.3 Å². The molecule has 2 aromatic rings. The number of morpholine rings is 1. The summed E-state index contributed by atoms with van der Waals surface area (Å²) >= 11 is 0. The summed E-state index contributed by atoms with van der Waals surface area (Å²) < 4.78 is 8.04. The number of nitrogens with one attached hydrogen (secondary N) is 1. The maximum Gasteiger partial charge on any atom is 0.246 e. The molecule has 3 fully saturated rings. The van der Waals surface area contributed by atoms with E-state index in [-0.39, 0.29) is 42.5 Å². The molecule has 3 heterocycles. The summed E-state index contributed by atoms with van der Waals surface area (Å²) in [4.78, 5) is 44.1. The Balaban J connectivity index is 1.27. The van der Waals surface area contributed by atoms with Gasteiger partial charge in [-0.05, 0) is 64.1 Å². The zero-order valence-electron chi connectivity index (χ0n) is 22.7. The number of benzene rings is 1. The summed E-state index contributed by atoms with van der Waals surface area (Å²) in [6.45, 7) is 7.90. The van der Waals surface area contributed by atoms with Crippen LogP contribution in [-0.2, 0) is 32.1 Å². The van der Waals surface area contributed by atoms with Crippen molar-refractivity contribution in [3.8, 4) is 0 Å². The molecular formula is C29H39N5O4. The van der Waals surface area contributed by atoms with Gasteiger partial charge in [0.15, 0.2) is 0 Å². The number of nitrogens with zero attached hydrogens (tertiary/aromatic N) is 4. The van der Waals surface area contributed by atoms with E-state index in [4.69, 9.17) is 4.74 Å². The Morgan fingerprint density at radius 2 is 2.00 bits per heavy atom. The van der Waals surface area contributed by atoms with Gasteiger partial charge in [-0.15, -0.1) is 0 Å². The molecule has 1 N–H and O–H groups in total. The molecule has 1 aromatic heterocycles. The number of ether oxygens (including phenoxy) is 1. The minimum Gasteiger partial charge on any atom is -0.374 e. The molecule has 2 aliphatic heterocycles. The molecule has 1 saturated carbocycles. The number of hydrogen-bond donors (Lipinski definition) is 1. The van der Waals surface area contributed by atoms with Crippen molar-refractivity contribution in [2.45, 2.75) is 63.4 Å². The first kappa shape index (κ1) is 26.4. The zero-order valence-corrected chi connectivity index (χ0v) is 22.7. The summed E-state index contributed by atoms with van der Waals surface area (Å²) in [6.07, 6.45) is 6.61. The molecule has 0 radical (unpaired) electrons. The molecule has 1 aromatic carbocycles. The number of likely N-dealkylation sites (tertiary alicyclic amines) is 1. The Kier molecular flexibility index (Phi) is 7.59. The first-order chi connectivity index (χ1) is 18.2. The average Bonchev–Trinajstić information content (AvgIpc) is 3.20. The van der Waals surface area contributed by atoms with E-state index in [0.29, 0.717) is 38.7 Å². The van der Waals surface area contributed by atoms with Crippen molar-refractivity contribution in [2.24, 2.45) is 0 Å². The number of amides is 3. The van der Waals surface area contributed by atoms with E-state index in [2.05, 4.69) is 37.0 Å². The van der Waals surface area contributed by atoms with Gasteiger partial charge in [-0.2, -0.15) is 0 Å². The van der Waals surface area contributed by atoms with Crippen LogP contribution in [0.25, 0.3) is 10.9 Å². The summed E-state index contributed by atoms with van der Waals surface area (Å²) in [5, 5.41) is 4.03. The predicted molar refractivity (Wildman–Crippen MR) is 146 cm³/mol. The Hall–Kier alpha value is -3.17. The minimum atomic E-state index is -0.117. The van der Waals surface area contributed by atoms with Crippen LogP contribution in [0.15, 0.2) is 37.1 Å². The smallest absolute Gasteiger partial charge is 0.246 e. The fraction of sp³-hybridized carbons (Fsp3) is 0.552. The second kappa shape index (κ2) is 10.9. The highest BCUT2D eigenvalue weighted by Crippen LogP contribution is 2.32. The maximum atomic E-state index is 13.6. The lowest BCUT2D eigenvalue weighted by Crippen LogP contribution is -2.61. The lowest BCUT2D eigenvalue weighted by atomic mass is 9.86. The summed E-state index contributed by atoms with van der Waals surface area (Å²) in [5.74, 6) is -0.100. The third kappa shape index (κ3) is 5.35. The van der Waals surface area contributed by atoms with Crippen molar-refractivity contribution in [1.82, 2.24) is 24.6 Å². The van der Waals surface area contributed by atoms with Crippen LogP contribution in [0.3, 0.4) is 0 Å². The lowest BCUT2D eigenvalue weighted by Gasteiger charge is -2.47. The highest BCUT2D eigenvalue weighted by atomic mass is 16.5. The molecular weight excluding hydrogens is 482 g/mol. The largest absolute Gasteiger partial charge is 0.374 e. The maximum absolute atomic E-state index is 13.6. The van der Waals surface area contributed by atoms with E-state index in [1.54, 1.807) is 4.90 Å². The molecule has 2 saturated heterocycles. The van der Waals surface area contributed by atoms with Crippen LogP contribution >= 0.6 is 0 Å². The van der Waals surface area contributed by atoms with Gasteiger partial charge in [-0.3, -0.25) is 14.4 Å². The summed E-state index contributed by atoms with van der Waals surface area (Å²) in [7, 11) is 4.22. The highest BCUT2D eigenvalue weighted by Gasteiger charge is 2.40. The van der Waals surface area contributed by atoms with E-state index < -0.39 is 0 Å². The van der Waals surface area contributed by atoms with Crippen LogP contribution in [0.1, 0.15) is 30.4 Å². The van der Waals surface area contributed by atoms with Gasteiger partial charge < -0.3 is 29.3 Å². The Bertz CT molecular complexity index is 1230. The van der Waals surface area contributed by atoms with Crippen molar-refractivity contribution in [2.75, 3.05) is 40.3 Å². The van der Waals surface area contributed by atoms with Crippen LogP contribution in [0, 0.1) is 6.92 Å². The molecule has 3 aliphatic rings. The van der Waals surface area contributed by atoms with Crippen LogP contribution in [0.4, 0.5) is 0 Å². The van der Waals surface area contributed by atoms with Crippen LogP contribution in [0.2, 0.25) is 0 Å². The fourth-order valence-corrected chi connectivity index (χ4v) is 6.20. The summed E-state index contributed by atoms with van der Waals surface area (Å²) in [5.41, 5.74) is 3.00. The third-order valence-corrected chi connectivity index (χ3v) is 8.35. The first-order valence-corrected chi connectivity index (χ1v) is 13.6. The van der Waals surface area contributed by atoms with E-state index in [1.807, 2.05) is 34.7 Å². The molecule has 3 amide bonds. The molecule has 9 nitrogen and oxygen atoms in total. The molecule has 1 aliphatic carbocycles. The van der Waals surface area contributed by atoms with E-state index in [1.165, 1.54) is 6.08 Å². The quantitative estimate of drug-likeness (QED) is 0.561. The van der Waals surface area contributed by atoms with Crippen molar-refractivity contribution in [3.63, 3.8) is 0 Å². The Morgan fingerprint density at radius 3 is 2.74 bits per heavy atom. The number of carbonyl (C=O) groups is 3.